The fourth-order valence-electron chi connectivity index (χ4n) is 3.95. The Bertz CT molecular complexity index is 549. The molecule has 0 spiro atoms. The van der Waals surface area contributed by atoms with E-state index in [9.17, 15) is 18.7 Å². The van der Waals surface area contributed by atoms with E-state index in [1.54, 1.807) is 6.07 Å². The van der Waals surface area contributed by atoms with Crippen LogP contribution >= 0.6 is 0 Å². The van der Waals surface area contributed by atoms with Crippen molar-refractivity contribution in [3.05, 3.63) is 35.4 Å². The maximum atomic E-state index is 12.7. The zero-order valence-corrected chi connectivity index (χ0v) is 11.8. The minimum Gasteiger partial charge on any atom is -0.481 e. The van der Waals surface area contributed by atoms with Crippen LogP contribution in [0.4, 0.5) is 8.78 Å². The number of aliphatic carboxylic acids is 1. The molecule has 0 amide bonds. The van der Waals surface area contributed by atoms with Crippen LogP contribution in [0.1, 0.15) is 36.8 Å². The molecule has 1 saturated heterocycles. The highest BCUT2D eigenvalue weighted by atomic mass is 19.3. The summed E-state index contributed by atoms with van der Waals surface area (Å²) in [5.74, 6) is -0.498. The Kier molecular flexibility index (Phi) is 3.69. The number of rotatable bonds is 4. The summed E-state index contributed by atoms with van der Waals surface area (Å²) in [6.07, 6.45) is 0.208. The Morgan fingerprint density at radius 2 is 2.29 bits per heavy atom. The van der Waals surface area contributed by atoms with Crippen molar-refractivity contribution in [1.82, 2.24) is 4.90 Å². The van der Waals surface area contributed by atoms with Crippen molar-refractivity contribution >= 4 is 5.97 Å². The molecule has 0 bridgehead atoms. The number of nitrogens with zero attached hydrogens (tertiary/aromatic N) is 1. The van der Waals surface area contributed by atoms with E-state index in [-0.39, 0.29) is 11.5 Å². The molecule has 2 fully saturated rings. The van der Waals surface area contributed by atoms with E-state index < -0.39 is 17.8 Å². The third kappa shape index (κ3) is 2.55. The summed E-state index contributed by atoms with van der Waals surface area (Å²) < 4.78 is 25.4. The van der Waals surface area contributed by atoms with Crippen LogP contribution in [-0.2, 0) is 11.3 Å². The highest BCUT2D eigenvalue weighted by Crippen LogP contribution is 2.49. The van der Waals surface area contributed by atoms with Crippen molar-refractivity contribution in [2.24, 2.45) is 11.3 Å². The van der Waals surface area contributed by atoms with Gasteiger partial charge in [-0.2, -0.15) is 0 Å². The first-order chi connectivity index (χ1) is 10.0. The molecule has 1 aliphatic heterocycles. The van der Waals surface area contributed by atoms with E-state index in [4.69, 9.17) is 0 Å². The summed E-state index contributed by atoms with van der Waals surface area (Å²) in [6.45, 7) is 1.84. The average Bonchev–Trinajstić information content (AvgIpc) is 2.96. The van der Waals surface area contributed by atoms with Gasteiger partial charge in [0.2, 0.25) is 0 Å². The van der Waals surface area contributed by atoms with Gasteiger partial charge in [-0.3, -0.25) is 9.69 Å². The SMILES string of the molecule is O=C(O)[C@@]12CCC[C@H]1CN(Cc1cccc(C(F)F)c1)C2. The van der Waals surface area contributed by atoms with Gasteiger partial charge < -0.3 is 5.11 Å². The van der Waals surface area contributed by atoms with E-state index in [1.165, 1.54) is 12.1 Å². The number of benzene rings is 1. The van der Waals surface area contributed by atoms with Crippen LogP contribution in [0, 0.1) is 11.3 Å². The standard InChI is InChI=1S/C16H19F2NO2/c17-14(18)12-4-1-3-11(7-12)8-19-9-13-5-2-6-16(13,10-19)15(20)21/h1,3-4,7,13-14H,2,5-6,8-10H2,(H,20,21)/t13-,16+/m0/s1. The van der Waals surface area contributed by atoms with Gasteiger partial charge in [0.05, 0.1) is 5.41 Å². The second-order valence-electron chi connectivity index (χ2n) is 6.27. The van der Waals surface area contributed by atoms with Crippen LogP contribution in [0.25, 0.3) is 0 Å². The maximum absolute atomic E-state index is 12.7. The zero-order chi connectivity index (χ0) is 15.0. The summed E-state index contributed by atoms with van der Waals surface area (Å²) in [4.78, 5) is 13.7. The van der Waals surface area contributed by atoms with Crippen LogP contribution in [0.3, 0.4) is 0 Å². The lowest BCUT2D eigenvalue weighted by Gasteiger charge is -2.23. The van der Waals surface area contributed by atoms with E-state index in [0.29, 0.717) is 13.1 Å². The summed E-state index contributed by atoms with van der Waals surface area (Å²) in [5, 5.41) is 9.55. The quantitative estimate of drug-likeness (QED) is 0.926. The molecule has 0 radical (unpaired) electrons. The van der Waals surface area contributed by atoms with Gasteiger partial charge in [-0.05, 0) is 30.4 Å². The molecule has 21 heavy (non-hydrogen) atoms. The zero-order valence-electron chi connectivity index (χ0n) is 11.8. The minimum absolute atomic E-state index is 0.0276. The van der Waals surface area contributed by atoms with Gasteiger partial charge >= 0.3 is 5.97 Å². The molecule has 114 valence electrons. The Balaban J connectivity index is 1.73. The van der Waals surface area contributed by atoms with Gasteiger partial charge in [0.25, 0.3) is 6.43 Å². The van der Waals surface area contributed by atoms with Crippen molar-refractivity contribution in [3.8, 4) is 0 Å². The Morgan fingerprint density at radius 3 is 2.95 bits per heavy atom. The van der Waals surface area contributed by atoms with E-state index >= 15 is 0 Å². The van der Waals surface area contributed by atoms with Gasteiger partial charge in [-0.1, -0.05) is 24.6 Å². The molecular formula is C16H19F2NO2. The number of carboxylic acids is 1. The summed E-state index contributed by atoms with van der Waals surface area (Å²) in [5.41, 5.74) is 0.244. The first-order valence-corrected chi connectivity index (χ1v) is 7.34. The molecule has 2 aliphatic rings. The molecule has 1 saturated carbocycles. The summed E-state index contributed by atoms with van der Waals surface area (Å²) in [6, 6.07) is 6.41. The maximum Gasteiger partial charge on any atom is 0.311 e. The van der Waals surface area contributed by atoms with Crippen LogP contribution in [0.2, 0.25) is 0 Å². The number of likely N-dealkylation sites (tertiary alicyclic amines) is 1. The molecule has 1 aromatic carbocycles. The second-order valence-corrected chi connectivity index (χ2v) is 6.27. The van der Waals surface area contributed by atoms with Crippen molar-refractivity contribution in [1.29, 1.82) is 0 Å². The van der Waals surface area contributed by atoms with Crippen molar-refractivity contribution in [2.75, 3.05) is 13.1 Å². The predicted molar refractivity (Wildman–Crippen MR) is 74.1 cm³/mol. The van der Waals surface area contributed by atoms with Crippen molar-refractivity contribution in [3.63, 3.8) is 0 Å². The number of halogens is 2. The Hall–Kier alpha value is -1.49. The first-order valence-electron chi connectivity index (χ1n) is 7.34. The fourth-order valence-corrected chi connectivity index (χ4v) is 3.95. The normalized spacial score (nSPS) is 29.0. The fraction of sp³-hybridized carbons (Fsp3) is 0.562. The first kappa shape index (κ1) is 14.4. The molecule has 1 N–H and O–H groups in total. The van der Waals surface area contributed by atoms with Crippen LogP contribution < -0.4 is 0 Å². The van der Waals surface area contributed by atoms with Gasteiger partial charge in [0, 0.05) is 25.2 Å². The second kappa shape index (κ2) is 5.37. The molecule has 0 aromatic heterocycles. The van der Waals surface area contributed by atoms with Crippen molar-refractivity contribution < 1.29 is 18.7 Å². The van der Waals surface area contributed by atoms with Crippen LogP contribution in [0.5, 0.6) is 0 Å². The lowest BCUT2D eigenvalue weighted by Crippen LogP contribution is -2.35. The van der Waals surface area contributed by atoms with Crippen LogP contribution in [-0.4, -0.2) is 29.1 Å². The Morgan fingerprint density at radius 1 is 1.48 bits per heavy atom. The lowest BCUT2D eigenvalue weighted by atomic mass is 9.81. The third-order valence-electron chi connectivity index (χ3n) is 4.98. The molecule has 5 heteroatoms. The molecule has 1 aromatic rings. The third-order valence-corrected chi connectivity index (χ3v) is 4.98. The van der Waals surface area contributed by atoms with Gasteiger partial charge in [-0.25, -0.2) is 8.78 Å². The predicted octanol–water partition coefficient (Wildman–Crippen LogP) is 3.31. The van der Waals surface area contributed by atoms with Gasteiger partial charge in [0.15, 0.2) is 0 Å². The van der Waals surface area contributed by atoms with E-state index in [2.05, 4.69) is 4.90 Å². The van der Waals surface area contributed by atoms with Crippen LogP contribution in [0.15, 0.2) is 24.3 Å². The van der Waals surface area contributed by atoms with Gasteiger partial charge in [-0.15, -0.1) is 0 Å². The highest BCUT2D eigenvalue weighted by molar-refractivity contribution is 5.76. The lowest BCUT2D eigenvalue weighted by molar-refractivity contribution is -0.149. The molecule has 3 nitrogen and oxygen atoms in total. The topological polar surface area (TPSA) is 40.5 Å². The number of fused-ring (bicyclic) bond motifs is 1. The van der Waals surface area contributed by atoms with Gasteiger partial charge in [0.1, 0.15) is 0 Å². The summed E-state index contributed by atoms with van der Waals surface area (Å²) in [7, 11) is 0. The molecule has 0 unspecified atom stereocenters. The molecule has 2 atom stereocenters. The highest BCUT2D eigenvalue weighted by Gasteiger charge is 2.54. The number of carbonyl (C=O) groups is 1. The minimum atomic E-state index is -2.46. The number of hydrogen-bond donors (Lipinski definition) is 1. The van der Waals surface area contributed by atoms with E-state index in [0.717, 1.165) is 31.4 Å². The number of carboxylic acid groups (broad SMARTS) is 1. The monoisotopic (exact) mass is 295 g/mol. The molecule has 1 heterocycles. The molecule has 1 aliphatic carbocycles. The molecule has 3 rings (SSSR count). The number of alkyl halides is 2. The Labute approximate surface area is 122 Å². The van der Waals surface area contributed by atoms with E-state index in [1.807, 2.05) is 6.07 Å². The largest absolute Gasteiger partial charge is 0.481 e. The smallest absolute Gasteiger partial charge is 0.311 e. The van der Waals surface area contributed by atoms with Crippen molar-refractivity contribution in [2.45, 2.75) is 32.2 Å². The molecular weight excluding hydrogens is 276 g/mol. The number of hydrogen-bond acceptors (Lipinski definition) is 2. The summed E-state index contributed by atoms with van der Waals surface area (Å²) >= 11 is 0. The average molecular weight is 295 g/mol.